The van der Waals surface area contributed by atoms with E-state index in [9.17, 15) is 9.59 Å². The molecule has 7 heteroatoms. The van der Waals surface area contributed by atoms with Gasteiger partial charge in [0, 0.05) is 17.0 Å². The normalized spacial score (nSPS) is 11.0. The molecule has 3 rings (SSSR count). The summed E-state index contributed by atoms with van der Waals surface area (Å²) in [5.74, 6) is 0.0608. The summed E-state index contributed by atoms with van der Waals surface area (Å²) in [6, 6.07) is 8.85. The average Bonchev–Trinajstić information content (AvgIpc) is 3.06. The third-order valence-electron chi connectivity index (χ3n) is 3.83. The van der Waals surface area contributed by atoms with Crippen molar-refractivity contribution >= 4 is 50.7 Å². The van der Waals surface area contributed by atoms with Crippen LogP contribution in [0, 0.1) is 0 Å². The minimum Gasteiger partial charge on any atom is -0.293 e. The first-order valence-corrected chi connectivity index (χ1v) is 10.3. The Morgan fingerprint density at radius 3 is 2.88 bits per heavy atom. The molecule has 0 atom stereocenters. The molecule has 0 bridgehead atoms. The molecular formula is C19H17ClN2O2S2. The molecule has 0 aliphatic heterocycles. The van der Waals surface area contributed by atoms with Crippen LogP contribution in [-0.2, 0) is 13.0 Å². The highest BCUT2D eigenvalue weighted by Crippen LogP contribution is 2.26. The number of thioether (sulfide) groups is 1. The van der Waals surface area contributed by atoms with Crippen molar-refractivity contribution in [1.82, 2.24) is 9.55 Å². The Kier molecular flexibility index (Phi) is 5.96. The number of fused-ring (bicyclic) bond motifs is 1. The van der Waals surface area contributed by atoms with Crippen molar-refractivity contribution in [2.75, 3.05) is 5.75 Å². The number of rotatable bonds is 7. The molecule has 0 saturated carbocycles. The molecule has 26 heavy (non-hydrogen) atoms. The first kappa shape index (κ1) is 18.9. The highest BCUT2D eigenvalue weighted by Gasteiger charge is 2.16. The van der Waals surface area contributed by atoms with Gasteiger partial charge >= 0.3 is 0 Å². The Bertz CT molecular complexity index is 1040. The number of nitrogens with zero attached hydrogens (tertiary/aromatic N) is 2. The van der Waals surface area contributed by atoms with Gasteiger partial charge in [0.15, 0.2) is 10.9 Å². The number of ketones is 1. The van der Waals surface area contributed by atoms with E-state index in [1.54, 1.807) is 34.9 Å². The molecule has 1 aromatic carbocycles. The van der Waals surface area contributed by atoms with Crippen molar-refractivity contribution < 1.29 is 4.79 Å². The number of thiophene rings is 1. The summed E-state index contributed by atoms with van der Waals surface area (Å²) < 4.78 is 1.56. The van der Waals surface area contributed by atoms with Gasteiger partial charge in [-0.1, -0.05) is 48.5 Å². The fourth-order valence-corrected chi connectivity index (χ4v) is 4.66. The number of hydrogen-bond donors (Lipinski definition) is 0. The zero-order valence-corrected chi connectivity index (χ0v) is 16.6. The lowest BCUT2D eigenvalue weighted by atomic mass is 10.1. The van der Waals surface area contributed by atoms with Gasteiger partial charge in [-0.25, -0.2) is 4.98 Å². The van der Waals surface area contributed by atoms with E-state index in [0.29, 0.717) is 32.5 Å². The quantitative estimate of drug-likeness (QED) is 0.245. The molecule has 3 aromatic rings. The highest BCUT2D eigenvalue weighted by atomic mass is 35.5. The third kappa shape index (κ3) is 3.77. The maximum atomic E-state index is 12.8. The molecule has 0 aliphatic rings. The minimum atomic E-state index is -0.0986. The molecule has 0 N–H and O–H groups in total. The van der Waals surface area contributed by atoms with E-state index in [1.807, 2.05) is 13.0 Å². The van der Waals surface area contributed by atoms with E-state index in [-0.39, 0.29) is 17.1 Å². The van der Waals surface area contributed by atoms with E-state index < -0.39 is 0 Å². The van der Waals surface area contributed by atoms with Crippen LogP contribution in [0.15, 0.2) is 52.9 Å². The Morgan fingerprint density at radius 2 is 2.19 bits per heavy atom. The second-order valence-corrected chi connectivity index (χ2v) is 8.04. The van der Waals surface area contributed by atoms with Gasteiger partial charge in [0.1, 0.15) is 4.83 Å². The van der Waals surface area contributed by atoms with Gasteiger partial charge < -0.3 is 0 Å². The second kappa shape index (κ2) is 8.20. The predicted molar refractivity (Wildman–Crippen MR) is 110 cm³/mol. The average molecular weight is 405 g/mol. The maximum Gasteiger partial charge on any atom is 0.263 e. The molecule has 0 fully saturated rings. The van der Waals surface area contributed by atoms with Gasteiger partial charge in [-0.3, -0.25) is 14.2 Å². The van der Waals surface area contributed by atoms with E-state index in [4.69, 9.17) is 11.6 Å². The molecular weight excluding hydrogens is 388 g/mol. The van der Waals surface area contributed by atoms with Crippen LogP contribution in [0.5, 0.6) is 0 Å². The topological polar surface area (TPSA) is 52.0 Å². The number of carbonyl (C=O) groups excluding carboxylic acids is 1. The van der Waals surface area contributed by atoms with Crippen LogP contribution in [0.1, 0.15) is 22.2 Å². The van der Waals surface area contributed by atoms with Crippen LogP contribution in [0.2, 0.25) is 5.02 Å². The van der Waals surface area contributed by atoms with Gasteiger partial charge in [0.25, 0.3) is 5.56 Å². The lowest BCUT2D eigenvalue weighted by Crippen LogP contribution is -2.22. The van der Waals surface area contributed by atoms with E-state index >= 15 is 0 Å². The Balaban J connectivity index is 1.94. The van der Waals surface area contributed by atoms with Crippen molar-refractivity contribution in [2.24, 2.45) is 0 Å². The van der Waals surface area contributed by atoms with Crippen LogP contribution in [0.25, 0.3) is 10.2 Å². The molecule has 0 radical (unpaired) electrons. The fourth-order valence-electron chi connectivity index (χ4n) is 2.52. The fraction of sp³-hybridized carbons (Fsp3) is 0.211. The monoisotopic (exact) mass is 404 g/mol. The zero-order valence-electron chi connectivity index (χ0n) is 14.2. The van der Waals surface area contributed by atoms with Crippen molar-refractivity contribution in [3.8, 4) is 0 Å². The summed E-state index contributed by atoms with van der Waals surface area (Å²) in [5, 5.41) is 1.57. The van der Waals surface area contributed by atoms with Crippen molar-refractivity contribution in [2.45, 2.75) is 25.0 Å². The Hall–Kier alpha value is -1.89. The van der Waals surface area contributed by atoms with Crippen LogP contribution in [-0.4, -0.2) is 21.1 Å². The maximum absolute atomic E-state index is 12.8. The summed E-state index contributed by atoms with van der Waals surface area (Å²) >= 11 is 8.85. The van der Waals surface area contributed by atoms with Gasteiger partial charge in [-0.2, -0.15) is 0 Å². The second-order valence-electron chi connectivity index (χ2n) is 5.58. The summed E-state index contributed by atoms with van der Waals surface area (Å²) in [6.45, 7) is 6.11. The van der Waals surface area contributed by atoms with E-state index in [2.05, 4.69) is 11.6 Å². The zero-order chi connectivity index (χ0) is 18.7. The molecule has 0 spiro atoms. The number of hydrogen-bond acceptors (Lipinski definition) is 5. The molecule has 2 heterocycles. The van der Waals surface area contributed by atoms with Gasteiger partial charge in [-0.15, -0.1) is 17.9 Å². The lowest BCUT2D eigenvalue weighted by molar-refractivity contribution is 0.102. The van der Waals surface area contributed by atoms with Crippen molar-refractivity contribution in [3.63, 3.8) is 0 Å². The molecule has 0 unspecified atom stereocenters. The Labute approximate surface area is 164 Å². The van der Waals surface area contributed by atoms with Crippen molar-refractivity contribution in [1.29, 1.82) is 0 Å². The summed E-state index contributed by atoms with van der Waals surface area (Å²) in [4.78, 5) is 31.7. The summed E-state index contributed by atoms with van der Waals surface area (Å²) in [6.07, 6.45) is 2.51. The predicted octanol–water partition coefficient (Wildman–Crippen LogP) is 4.83. The van der Waals surface area contributed by atoms with Gasteiger partial charge in [0.2, 0.25) is 0 Å². The molecule has 0 aliphatic carbocycles. The molecule has 134 valence electrons. The SMILES string of the molecule is C=CCn1c(SCC(=O)c2ccccc2Cl)nc2sc(CC)cc2c1=O. The van der Waals surface area contributed by atoms with Crippen molar-refractivity contribution in [3.05, 3.63) is 68.8 Å². The van der Waals surface area contributed by atoms with E-state index in [0.717, 1.165) is 11.3 Å². The molecule has 0 saturated heterocycles. The summed E-state index contributed by atoms with van der Waals surface area (Å²) in [7, 11) is 0. The first-order chi connectivity index (χ1) is 12.5. The summed E-state index contributed by atoms with van der Waals surface area (Å²) in [5.41, 5.74) is 0.378. The number of carbonyl (C=O) groups is 1. The molecule has 2 aromatic heterocycles. The van der Waals surface area contributed by atoms with Crippen LogP contribution >= 0.6 is 34.7 Å². The third-order valence-corrected chi connectivity index (χ3v) is 6.31. The van der Waals surface area contributed by atoms with E-state index in [1.165, 1.54) is 23.1 Å². The number of aryl methyl sites for hydroxylation is 1. The number of benzene rings is 1. The van der Waals surface area contributed by atoms with Gasteiger partial charge in [-0.05, 0) is 24.6 Å². The highest BCUT2D eigenvalue weighted by molar-refractivity contribution is 7.99. The first-order valence-electron chi connectivity index (χ1n) is 8.09. The number of aromatic nitrogens is 2. The van der Waals surface area contributed by atoms with Gasteiger partial charge in [0.05, 0.1) is 16.2 Å². The standard InChI is InChI=1S/C19H17ClN2O2S2/c1-3-9-22-18(24)14-10-12(4-2)26-17(14)21-19(22)25-11-16(23)13-7-5-6-8-15(13)20/h3,5-8,10H,1,4,9,11H2,2H3. The minimum absolute atomic E-state index is 0.0967. The number of halogens is 1. The number of Topliss-reactive ketones (excluding diaryl/α,β-unsaturated/α-hetero) is 1. The van der Waals surface area contributed by atoms with Crippen LogP contribution < -0.4 is 5.56 Å². The Morgan fingerprint density at radius 1 is 1.42 bits per heavy atom. The largest absolute Gasteiger partial charge is 0.293 e. The molecule has 4 nitrogen and oxygen atoms in total. The lowest BCUT2D eigenvalue weighted by Gasteiger charge is -2.10. The molecule has 0 amide bonds. The van der Waals surface area contributed by atoms with Crippen LogP contribution in [0.4, 0.5) is 0 Å². The van der Waals surface area contributed by atoms with Crippen LogP contribution in [0.3, 0.4) is 0 Å². The number of allylic oxidation sites excluding steroid dienone is 1. The smallest absolute Gasteiger partial charge is 0.263 e.